The Kier molecular flexibility index (Phi) is 2.34. The van der Waals surface area contributed by atoms with E-state index in [1.54, 1.807) is 0 Å². The fourth-order valence-corrected chi connectivity index (χ4v) is 2.11. The van der Waals surface area contributed by atoms with Gasteiger partial charge in [-0.05, 0) is 44.4 Å². The van der Waals surface area contributed by atoms with Crippen molar-refractivity contribution in [2.45, 2.75) is 38.6 Å². The minimum Gasteiger partial charge on any atom is -0.296 e. The highest BCUT2D eigenvalue weighted by Gasteiger charge is 2.20. The van der Waals surface area contributed by atoms with Crippen LogP contribution in [0, 0.1) is 0 Å². The summed E-state index contributed by atoms with van der Waals surface area (Å²) in [6, 6.07) is 0.705. The third kappa shape index (κ3) is 1.63. The van der Waals surface area contributed by atoms with Crippen LogP contribution < -0.4 is 0 Å². The van der Waals surface area contributed by atoms with Crippen molar-refractivity contribution in [2.75, 3.05) is 13.1 Å². The Labute approximate surface area is 74.8 Å². The highest BCUT2D eigenvalue weighted by atomic mass is 15.2. The van der Waals surface area contributed by atoms with Gasteiger partial charge in [0, 0.05) is 12.6 Å². The van der Waals surface area contributed by atoms with E-state index in [4.69, 9.17) is 0 Å². The molecule has 2 aliphatic rings. The second-order valence-corrected chi connectivity index (χ2v) is 3.94. The molecule has 1 fully saturated rings. The number of piperidine rings is 1. The third-order valence-corrected chi connectivity index (χ3v) is 2.96. The van der Waals surface area contributed by atoms with Gasteiger partial charge in [0.05, 0.1) is 0 Å². The van der Waals surface area contributed by atoms with Crippen molar-refractivity contribution in [3.05, 3.63) is 17.4 Å². The molecule has 1 heteroatoms. The SMILES string of the molecule is CC1=C=CC2CCCCN2CC1. The number of hydrogen-bond donors (Lipinski definition) is 0. The maximum absolute atomic E-state index is 3.39. The summed E-state index contributed by atoms with van der Waals surface area (Å²) in [7, 11) is 0. The Morgan fingerprint density at radius 2 is 2.33 bits per heavy atom. The standard InChI is InChI=1S/C11H17N/c1-10-5-6-11-4-2-3-8-12(11)9-7-10/h6,11H,2-4,7-9H2,1H3. The zero-order chi connectivity index (χ0) is 8.39. The molecule has 0 aromatic rings. The minimum absolute atomic E-state index is 0.705. The molecule has 0 radical (unpaired) electrons. The van der Waals surface area contributed by atoms with Crippen molar-refractivity contribution in [2.24, 2.45) is 0 Å². The molecule has 0 amide bonds. The Morgan fingerprint density at radius 3 is 3.25 bits per heavy atom. The van der Waals surface area contributed by atoms with Gasteiger partial charge in [0.2, 0.25) is 0 Å². The molecule has 0 bridgehead atoms. The molecule has 1 atom stereocenters. The van der Waals surface area contributed by atoms with E-state index in [1.807, 2.05) is 0 Å². The van der Waals surface area contributed by atoms with Gasteiger partial charge in [-0.15, -0.1) is 5.73 Å². The van der Waals surface area contributed by atoms with Crippen LogP contribution in [0.5, 0.6) is 0 Å². The number of hydrogen-bond acceptors (Lipinski definition) is 1. The van der Waals surface area contributed by atoms with Crippen molar-refractivity contribution in [1.29, 1.82) is 0 Å². The number of nitrogens with zero attached hydrogens (tertiary/aromatic N) is 1. The normalized spacial score (nSPS) is 30.8. The first-order valence-electron chi connectivity index (χ1n) is 5.02. The van der Waals surface area contributed by atoms with E-state index in [1.165, 1.54) is 44.3 Å². The van der Waals surface area contributed by atoms with Crippen molar-refractivity contribution in [1.82, 2.24) is 4.90 Å². The summed E-state index contributed by atoms with van der Waals surface area (Å²) in [5.74, 6) is 0. The van der Waals surface area contributed by atoms with Gasteiger partial charge in [-0.25, -0.2) is 0 Å². The largest absolute Gasteiger partial charge is 0.296 e. The van der Waals surface area contributed by atoms with Gasteiger partial charge in [-0.2, -0.15) is 0 Å². The first-order chi connectivity index (χ1) is 5.86. The molecule has 0 saturated carbocycles. The minimum atomic E-state index is 0.705. The van der Waals surface area contributed by atoms with Crippen molar-refractivity contribution >= 4 is 0 Å². The second-order valence-electron chi connectivity index (χ2n) is 3.94. The molecule has 2 rings (SSSR count). The molecule has 0 aromatic carbocycles. The van der Waals surface area contributed by atoms with Crippen LogP contribution in [-0.4, -0.2) is 24.0 Å². The van der Waals surface area contributed by atoms with Gasteiger partial charge in [-0.3, -0.25) is 4.90 Å². The van der Waals surface area contributed by atoms with Crippen LogP contribution in [0.3, 0.4) is 0 Å². The molecule has 12 heavy (non-hydrogen) atoms. The van der Waals surface area contributed by atoms with E-state index in [9.17, 15) is 0 Å². The van der Waals surface area contributed by atoms with Crippen LogP contribution in [0.25, 0.3) is 0 Å². The summed E-state index contributed by atoms with van der Waals surface area (Å²) in [5.41, 5.74) is 4.81. The van der Waals surface area contributed by atoms with Gasteiger partial charge in [0.15, 0.2) is 0 Å². The lowest BCUT2D eigenvalue weighted by Gasteiger charge is -2.32. The van der Waals surface area contributed by atoms with Gasteiger partial charge in [0.25, 0.3) is 0 Å². The maximum atomic E-state index is 3.39. The van der Waals surface area contributed by atoms with E-state index in [-0.39, 0.29) is 0 Å². The van der Waals surface area contributed by atoms with Crippen LogP contribution in [0.1, 0.15) is 32.6 Å². The predicted octanol–water partition coefficient (Wildman–Crippen LogP) is 2.35. The van der Waals surface area contributed by atoms with Crippen LogP contribution in [0.15, 0.2) is 17.4 Å². The Balaban J connectivity index is 2.11. The fraction of sp³-hybridized carbons (Fsp3) is 0.727. The van der Waals surface area contributed by atoms with Gasteiger partial charge >= 0.3 is 0 Å². The zero-order valence-corrected chi connectivity index (χ0v) is 7.84. The first kappa shape index (κ1) is 8.10. The molecule has 2 aliphatic heterocycles. The monoisotopic (exact) mass is 163 g/mol. The third-order valence-electron chi connectivity index (χ3n) is 2.96. The molecule has 0 spiro atoms. The molecule has 1 unspecified atom stereocenters. The maximum Gasteiger partial charge on any atom is 0.0352 e. The Bertz CT molecular complexity index is 223. The molecule has 2 heterocycles. The van der Waals surface area contributed by atoms with Crippen LogP contribution >= 0.6 is 0 Å². The van der Waals surface area contributed by atoms with Crippen molar-refractivity contribution < 1.29 is 0 Å². The van der Waals surface area contributed by atoms with Crippen molar-refractivity contribution in [3.8, 4) is 0 Å². The summed E-state index contributed by atoms with van der Waals surface area (Å²) in [4.78, 5) is 2.60. The number of fused-ring (bicyclic) bond motifs is 1. The molecular weight excluding hydrogens is 146 g/mol. The molecule has 66 valence electrons. The van der Waals surface area contributed by atoms with Crippen LogP contribution in [0.4, 0.5) is 0 Å². The van der Waals surface area contributed by atoms with E-state index >= 15 is 0 Å². The molecule has 0 aromatic heterocycles. The zero-order valence-electron chi connectivity index (χ0n) is 7.84. The lowest BCUT2D eigenvalue weighted by molar-refractivity contribution is 0.184. The second kappa shape index (κ2) is 3.47. The molecule has 0 N–H and O–H groups in total. The average Bonchev–Trinajstić information content (AvgIpc) is 2.29. The number of rotatable bonds is 0. The Hall–Kier alpha value is -0.520. The summed E-state index contributed by atoms with van der Waals surface area (Å²) >= 11 is 0. The quantitative estimate of drug-likeness (QED) is 0.495. The van der Waals surface area contributed by atoms with E-state index in [0.717, 1.165) is 0 Å². The fourth-order valence-electron chi connectivity index (χ4n) is 2.11. The van der Waals surface area contributed by atoms with Crippen molar-refractivity contribution in [3.63, 3.8) is 0 Å². The van der Waals surface area contributed by atoms with E-state index in [0.29, 0.717) is 6.04 Å². The van der Waals surface area contributed by atoms with Crippen LogP contribution in [-0.2, 0) is 0 Å². The van der Waals surface area contributed by atoms with Gasteiger partial charge in [0.1, 0.15) is 0 Å². The lowest BCUT2D eigenvalue weighted by Crippen LogP contribution is -2.38. The summed E-state index contributed by atoms with van der Waals surface area (Å²) in [6.07, 6.45) is 7.64. The Morgan fingerprint density at radius 1 is 1.42 bits per heavy atom. The molecular formula is C11H17N. The van der Waals surface area contributed by atoms with Crippen LogP contribution in [0.2, 0.25) is 0 Å². The summed E-state index contributed by atoms with van der Waals surface area (Å²) in [5, 5.41) is 0. The van der Waals surface area contributed by atoms with E-state index < -0.39 is 0 Å². The highest BCUT2D eigenvalue weighted by Crippen LogP contribution is 2.20. The summed E-state index contributed by atoms with van der Waals surface area (Å²) in [6.45, 7) is 4.74. The predicted molar refractivity (Wildman–Crippen MR) is 51.1 cm³/mol. The molecule has 0 aliphatic carbocycles. The van der Waals surface area contributed by atoms with E-state index in [2.05, 4.69) is 23.6 Å². The van der Waals surface area contributed by atoms with Gasteiger partial charge < -0.3 is 0 Å². The molecule has 1 saturated heterocycles. The highest BCUT2D eigenvalue weighted by molar-refractivity contribution is 5.07. The topological polar surface area (TPSA) is 3.24 Å². The summed E-state index contributed by atoms with van der Waals surface area (Å²) < 4.78 is 0. The molecule has 1 nitrogen and oxygen atoms in total. The first-order valence-corrected chi connectivity index (χ1v) is 5.02. The lowest BCUT2D eigenvalue weighted by atomic mass is 10.0. The van der Waals surface area contributed by atoms with Gasteiger partial charge in [-0.1, -0.05) is 6.42 Å². The smallest absolute Gasteiger partial charge is 0.0352 e. The average molecular weight is 163 g/mol.